The highest BCUT2D eigenvalue weighted by Gasteiger charge is 2.11. The van der Waals surface area contributed by atoms with Crippen molar-refractivity contribution in [1.29, 1.82) is 0 Å². The van der Waals surface area contributed by atoms with E-state index in [1.165, 1.54) is 0 Å². The summed E-state index contributed by atoms with van der Waals surface area (Å²) in [6, 6.07) is 13.6. The topological polar surface area (TPSA) is 69.1 Å². The van der Waals surface area contributed by atoms with Gasteiger partial charge in [0, 0.05) is 17.4 Å². The molecule has 0 bridgehead atoms. The molecular formula is C20H19N3O3. The molecule has 0 saturated carbocycles. The molecule has 2 heterocycles. The van der Waals surface area contributed by atoms with Crippen molar-refractivity contribution in [2.75, 3.05) is 14.2 Å². The first kappa shape index (κ1) is 16.2. The van der Waals surface area contributed by atoms with Gasteiger partial charge in [-0.25, -0.2) is 4.98 Å². The number of hydrogen-bond donors (Lipinski definition) is 1. The number of ether oxygens (including phenoxy) is 2. The van der Waals surface area contributed by atoms with E-state index in [1.807, 2.05) is 42.5 Å². The first-order valence-corrected chi connectivity index (χ1v) is 8.38. The normalized spacial score (nSPS) is 11.2. The summed E-state index contributed by atoms with van der Waals surface area (Å²) >= 11 is 0. The van der Waals surface area contributed by atoms with Crippen molar-refractivity contribution in [3.8, 4) is 11.5 Å². The van der Waals surface area contributed by atoms with Gasteiger partial charge in [0.25, 0.3) is 5.56 Å². The van der Waals surface area contributed by atoms with Crippen LogP contribution in [0.1, 0.15) is 5.56 Å². The fourth-order valence-electron chi connectivity index (χ4n) is 3.18. The summed E-state index contributed by atoms with van der Waals surface area (Å²) in [5.74, 6) is 1.37. The Kier molecular flexibility index (Phi) is 4.08. The third kappa shape index (κ3) is 2.69. The smallest absolute Gasteiger partial charge is 0.277 e. The Morgan fingerprint density at radius 2 is 1.88 bits per heavy atom. The van der Waals surface area contributed by atoms with Gasteiger partial charge in [0.2, 0.25) is 0 Å². The molecule has 6 nitrogen and oxygen atoms in total. The fourth-order valence-corrected chi connectivity index (χ4v) is 3.18. The second kappa shape index (κ2) is 6.55. The molecule has 2 aromatic carbocycles. The van der Waals surface area contributed by atoms with E-state index in [-0.39, 0.29) is 5.56 Å². The van der Waals surface area contributed by atoms with E-state index < -0.39 is 0 Å². The first-order chi connectivity index (χ1) is 12.7. The molecule has 4 rings (SSSR count). The van der Waals surface area contributed by atoms with Crippen LogP contribution in [0.3, 0.4) is 0 Å². The Balaban J connectivity index is 1.64. The van der Waals surface area contributed by atoms with Crippen LogP contribution in [0.15, 0.2) is 53.6 Å². The highest BCUT2D eigenvalue weighted by molar-refractivity contribution is 6.04. The number of nitrogens with one attached hydrogen (secondary N) is 1. The summed E-state index contributed by atoms with van der Waals surface area (Å²) in [5, 5.41) is 0.964. The molecule has 0 amide bonds. The summed E-state index contributed by atoms with van der Waals surface area (Å²) < 4.78 is 12.2. The van der Waals surface area contributed by atoms with Gasteiger partial charge in [0.05, 0.1) is 20.5 Å². The number of benzene rings is 2. The average molecular weight is 349 g/mol. The highest BCUT2D eigenvalue weighted by atomic mass is 16.5. The maximum atomic E-state index is 12.8. The van der Waals surface area contributed by atoms with Gasteiger partial charge < -0.3 is 14.5 Å². The second-order valence-corrected chi connectivity index (χ2v) is 6.08. The predicted molar refractivity (Wildman–Crippen MR) is 101 cm³/mol. The summed E-state index contributed by atoms with van der Waals surface area (Å²) in [6.07, 6.45) is 2.30. The number of nitrogens with zero attached hydrogens (tertiary/aromatic N) is 2. The molecule has 1 N–H and O–H groups in total. The molecule has 132 valence electrons. The zero-order chi connectivity index (χ0) is 18.1. The van der Waals surface area contributed by atoms with Gasteiger partial charge in [-0.2, -0.15) is 0 Å². The Morgan fingerprint density at radius 3 is 2.69 bits per heavy atom. The van der Waals surface area contributed by atoms with Crippen LogP contribution in [0.25, 0.3) is 21.9 Å². The molecule has 0 fully saturated rings. The highest BCUT2D eigenvalue weighted by Crippen LogP contribution is 2.27. The van der Waals surface area contributed by atoms with Crippen molar-refractivity contribution in [1.82, 2.24) is 14.5 Å². The van der Waals surface area contributed by atoms with Gasteiger partial charge in [-0.15, -0.1) is 0 Å². The number of fused-ring (bicyclic) bond motifs is 3. The van der Waals surface area contributed by atoms with Crippen molar-refractivity contribution < 1.29 is 9.47 Å². The zero-order valence-corrected chi connectivity index (χ0v) is 14.7. The van der Waals surface area contributed by atoms with E-state index in [9.17, 15) is 4.79 Å². The minimum atomic E-state index is -0.0633. The molecule has 4 aromatic rings. The number of para-hydroxylation sites is 1. The number of aryl methyl sites for hydroxylation is 2. The Morgan fingerprint density at radius 1 is 1.08 bits per heavy atom. The van der Waals surface area contributed by atoms with Crippen LogP contribution in [-0.4, -0.2) is 28.8 Å². The predicted octanol–water partition coefficient (Wildman–Crippen LogP) is 3.14. The minimum Gasteiger partial charge on any atom is -0.493 e. The summed E-state index contributed by atoms with van der Waals surface area (Å²) in [5.41, 5.74) is 3.18. The Hall–Kier alpha value is -3.28. The zero-order valence-electron chi connectivity index (χ0n) is 14.7. The molecule has 2 aromatic heterocycles. The van der Waals surface area contributed by atoms with Crippen molar-refractivity contribution in [2.45, 2.75) is 13.0 Å². The summed E-state index contributed by atoms with van der Waals surface area (Å²) in [6.45, 7) is 0.534. The number of aromatic nitrogens is 3. The van der Waals surface area contributed by atoms with Crippen molar-refractivity contribution >= 4 is 21.9 Å². The third-order valence-electron chi connectivity index (χ3n) is 4.57. The van der Waals surface area contributed by atoms with Crippen molar-refractivity contribution in [3.63, 3.8) is 0 Å². The van der Waals surface area contributed by atoms with E-state index in [4.69, 9.17) is 9.47 Å². The van der Waals surface area contributed by atoms with Crippen molar-refractivity contribution in [2.24, 2.45) is 0 Å². The van der Waals surface area contributed by atoms with Crippen LogP contribution in [0, 0.1) is 0 Å². The maximum absolute atomic E-state index is 12.8. The van der Waals surface area contributed by atoms with E-state index >= 15 is 0 Å². The standard InChI is InChI=1S/C20H19N3O3/c1-25-16-8-7-13(11-17(16)26-2)9-10-23-12-21-18-14-5-3-4-6-15(14)22-19(18)20(23)24/h3-8,11-12,22H,9-10H2,1-2H3. The van der Waals surface area contributed by atoms with Crippen molar-refractivity contribution in [3.05, 3.63) is 64.7 Å². The average Bonchev–Trinajstić information content (AvgIpc) is 3.07. The van der Waals surface area contributed by atoms with E-state index in [2.05, 4.69) is 9.97 Å². The van der Waals surface area contributed by atoms with Gasteiger partial charge >= 0.3 is 0 Å². The van der Waals surface area contributed by atoms with E-state index in [0.717, 1.165) is 16.5 Å². The van der Waals surface area contributed by atoms with Crippen LogP contribution < -0.4 is 15.0 Å². The first-order valence-electron chi connectivity index (χ1n) is 8.38. The summed E-state index contributed by atoms with van der Waals surface area (Å²) in [4.78, 5) is 20.5. The van der Waals surface area contributed by atoms with Gasteiger partial charge in [0.1, 0.15) is 11.0 Å². The number of H-pyrrole nitrogens is 1. The minimum absolute atomic E-state index is 0.0633. The molecule has 0 atom stereocenters. The fraction of sp³-hybridized carbons (Fsp3) is 0.200. The SMILES string of the molecule is COc1ccc(CCn2cnc3c([nH]c4ccccc43)c2=O)cc1OC. The lowest BCUT2D eigenvalue weighted by Crippen LogP contribution is -2.21. The quantitative estimate of drug-likeness (QED) is 0.601. The van der Waals surface area contributed by atoms with Gasteiger partial charge in [0.15, 0.2) is 11.5 Å². The lowest BCUT2D eigenvalue weighted by atomic mass is 10.1. The van der Waals surface area contributed by atoms with Crippen LogP contribution in [0.5, 0.6) is 11.5 Å². The molecular weight excluding hydrogens is 330 g/mol. The largest absolute Gasteiger partial charge is 0.493 e. The molecule has 0 spiro atoms. The van der Waals surface area contributed by atoms with Crippen LogP contribution in [-0.2, 0) is 13.0 Å². The molecule has 26 heavy (non-hydrogen) atoms. The molecule has 0 aliphatic heterocycles. The van der Waals surface area contributed by atoms with E-state index in [0.29, 0.717) is 35.5 Å². The lowest BCUT2D eigenvalue weighted by Gasteiger charge is -2.10. The monoisotopic (exact) mass is 349 g/mol. The molecule has 0 unspecified atom stereocenters. The van der Waals surface area contributed by atoms with E-state index in [1.54, 1.807) is 25.1 Å². The maximum Gasteiger partial charge on any atom is 0.277 e. The number of methoxy groups -OCH3 is 2. The number of rotatable bonds is 5. The molecule has 0 saturated heterocycles. The number of hydrogen-bond acceptors (Lipinski definition) is 4. The van der Waals surface area contributed by atoms with Crippen LogP contribution in [0.4, 0.5) is 0 Å². The van der Waals surface area contributed by atoms with Crippen LogP contribution >= 0.6 is 0 Å². The molecule has 0 radical (unpaired) electrons. The van der Waals surface area contributed by atoms with Crippen LogP contribution in [0.2, 0.25) is 0 Å². The van der Waals surface area contributed by atoms with Gasteiger partial charge in [-0.3, -0.25) is 9.36 Å². The Bertz CT molecular complexity index is 1140. The molecule has 0 aliphatic rings. The second-order valence-electron chi connectivity index (χ2n) is 6.08. The Labute approximate surface area is 150 Å². The van der Waals surface area contributed by atoms with Gasteiger partial charge in [-0.05, 0) is 30.2 Å². The lowest BCUT2D eigenvalue weighted by molar-refractivity contribution is 0.354. The molecule has 0 aliphatic carbocycles. The summed E-state index contributed by atoms with van der Waals surface area (Å²) in [7, 11) is 3.22. The number of aromatic amines is 1. The van der Waals surface area contributed by atoms with Gasteiger partial charge in [-0.1, -0.05) is 24.3 Å². The molecule has 6 heteroatoms. The third-order valence-corrected chi connectivity index (χ3v) is 4.57.